The van der Waals surface area contributed by atoms with Crippen molar-refractivity contribution in [2.75, 3.05) is 0 Å². The fourth-order valence-electron chi connectivity index (χ4n) is 0.315. The van der Waals surface area contributed by atoms with Gasteiger partial charge in [-0.1, -0.05) is 13.8 Å². The Morgan fingerprint density at radius 3 is 1.80 bits per heavy atom. The van der Waals surface area contributed by atoms with Crippen LogP contribution in [0.25, 0.3) is 0 Å². The minimum absolute atomic E-state index is 0.111. The lowest BCUT2D eigenvalue weighted by atomic mass is 10.2. The van der Waals surface area contributed by atoms with E-state index in [9.17, 15) is 9.59 Å². The highest BCUT2D eigenvalue weighted by atomic mass is 16.1. The molecular formula is C8H14O2. The summed E-state index contributed by atoms with van der Waals surface area (Å²) in [7, 11) is 0. The largest absolute Gasteiger partial charge is 0.303 e. The maximum atomic E-state index is 9.89. The molecule has 1 aliphatic carbocycles. The van der Waals surface area contributed by atoms with Gasteiger partial charge in [0.25, 0.3) is 0 Å². The normalized spacial score (nSPS) is 18.2. The molecule has 1 aliphatic rings. The lowest BCUT2D eigenvalue weighted by Crippen LogP contribution is -1.90. The van der Waals surface area contributed by atoms with Crippen molar-refractivity contribution in [2.24, 2.45) is 5.41 Å². The third kappa shape index (κ3) is 4.24. The van der Waals surface area contributed by atoms with Gasteiger partial charge in [0.05, 0.1) is 0 Å². The van der Waals surface area contributed by atoms with Gasteiger partial charge in [-0.05, 0) is 12.8 Å². The summed E-state index contributed by atoms with van der Waals surface area (Å²) in [6.45, 7) is 3.80. The average molecular weight is 142 g/mol. The third-order valence-electron chi connectivity index (χ3n) is 1.49. The van der Waals surface area contributed by atoms with E-state index in [-0.39, 0.29) is 5.41 Å². The molecule has 0 aromatic heterocycles. The van der Waals surface area contributed by atoms with Crippen LogP contribution in [0.15, 0.2) is 0 Å². The van der Waals surface area contributed by atoms with E-state index in [0.717, 1.165) is 25.4 Å². The molecule has 1 rings (SSSR count). The highest BCUT2D eigenvalue weighted by Gasteiger charge is 2.36. The van der Waals surface area contributed by atoms with E-state index in [1.807, 2.05) is 13.8 Å². The molecule has 0 saturated heterocycles. The summed E-state index contributed by atoms with van der Waals surface area (Å²) in [6.07, 6.45) is 4.78. The molecule has 2 heteroatoms. The van der Waals surface area contributed by atoms with E-state index in [2.05, 4.69) is 0 Å². The Bertz CT molecular complexity index is 114. The molecule has 0 bridgehead atoms. The highest BCUT2D eigenvalue weighted by Crippen LogP contribution is 2.42. The standard InChI is InChI=1S/C5H8O.C3H6O/c1-5(4-6)2-3-5;1-2-3-4/h4H,2-3H2,1H3;3H,2H2,1H3. The third-order valence-corrected chi connectivity index (χ3v) is 1.49. The van der Waals surface area contributed by atoms with Crippen molar-refractivity contribution in [3.05, 3.63) is 0 Å². The van der Waals surface area contributed by atoms with Gasteiger partial charge in [-0.15, -0.1) is 0 Å². The lowest BCUT2D eigenvalue weighted by Gasteiger charge is -1.85. The van der Waals surface area contributed by atoms with Crippen LogP contribution in [0.3, 0.4) is 0 Å². The Hall–Kier alpha value is -0.660. The second-order valence-electron chi connectivity index (χ2n) is 2.85. The molecule has 2 nitrogen and oxygen atoms in total. The first-order valence-electron chi connectivity index (χ1n) is 3.58. The van der Waals surface area contributed by atoms with Crippen molar-refractivity contribution in [3.63, 3.8) is 0 Å². The molecule has 1 saturated carbocycles. The average Bonchev–Trinajstić information content (AvgIpc) is 2.70. The minimum Gasteiger partial charge on any atom is -0.303 e. The van der Waals surface area contributed by atoms with Gasteiger partial charge in [0, 0.05) is 11.8 Å². The zero-order valence-electron chi connectivity index (χ0n) is 6.59. The summed E-state index contributed by atoms with van der Waals surface area (Å²) < 4.78 is 0. The van der Waals surface area contributed by atoms with Crippen LogP contribution >= 0.6 is 0 Å². The topological polar surface area (TPSA) is 34.1 Å². The van der Waals surface area contributed by atoms with Crippen LogP contribution in [0.1, 0.15) is 33.1 Å². The van der Waals surface area contributed by atoms with Crippen molar-refractivity contribution < 1.29 is 9.59 Å². The van der Waals surface area contributed by atoms with Gasteiger partial charge in [-0.2, -0.15) is 0 Å². The molecule has 0 N–H and O–H groups in total. The number of aldehydes is 2. The number of carbonyl (C=O) groups excluding carboxylic acids is 2. The Morgan fingerprint density at radius 2 is 1.80 bits per heavy atom. The Labute approximate surface area is 61.6 Å². The monoisotopic (exact) mass is 142 g/mol. The lowest BCUT2D eigenvalue weighted by molar-refractivity contribution is -0.111. The second-order valence-corrected chi connectivity index (χ2v) is 2.85. The molecule has 0 aliphatic heterocycles. The van der Waals surface area contributed by atoms with Gasteiger partial charge in [0.1, 0.15) is 12.6 Å². The van der Waals surface area contributed by atoms with Crippen molar-refractivity contribution in [1.82, 2.24) is 0 Å². The molecule has 10 heavy (non-hydrogen) atoms. The van der Waals surface area contributed by atoms with Gasteiger partial charge in [-0.3, -0.25) is 0 Å². The van der Waals surface area contributed by atoms with Gasteiger partial charge in [0.2, 0.25) is 0 Å². The summed E-state index contributed by atoms with van der Waals surface area (Å²) in [5.41, 5.74) is 0.111. The highest BCUT2D eigenvalue weighted by molar-refractivity contribution is 5.62. The van der Waals surface area contributed by atoms with Crippen LogP contribution in [-0.4, -0.2) is 12.6 Å². The fourth-order valence-corrected chi connectivity index (χ4v) is 0.315. The van der Waals surface area contributed by atoms with Crippen LogP contribution in [0.5, 0.6) is 0 Å². The van der Waals surface area contributed by atoms with Gasteiger partial charge in [-0.25, -0.2) is 0 Å². The molecule has 0 heterocycles. The molecule has 0 amide bonds. The smallest absolute Gasteiger partial charge is 0.125 e. The summed E-state index contributed by atoms with van der Waals surface area (Å²) in [5, 5.41) is 0. The fraction of sp³-hybridized carbons (Fsp3) is 0.750. The number of carbonyl (C=O) groups is 2. The molecular weight excluding hydrogens is 128 g/mol. The van der Waals surface area contributed by atoms with Crippen molar-refractivity contribution in [2.45, 2.75) is 33.1 Å². The first-order chi connectivity index (χ1) is 4.68. The van der Waals surface area contributed by atoms with Gasteiger partial charge < -0.3 is 9.59 Å². The molecule has 0 radical (unpaired) electrons. The first-order valence-corrected chi connectivity index (χ1v) is 3.58. The Kier molecular flexibility index (Phi) is 3.93. The van der Waals surface area contributed by atoms with E-state index in [1.54, 1.807) is 0 Å². The maximum Gasteiger partial charge on any atom is 0.125 e. The molecule has 0 atom stereocenters. The van der Waals surface area contributed by atoms with E-state index >= 15 is 0 Å². The quantitative estimate of drug-likeness (QED) is 0.548. The Balaban J connectivity index is 0.000000180. The molecule has 0 unspecified atom stereocenters. The second kappa shape index (κ2) is 4.20. The van der Waals surface area contributed by atoms with Gasteiger partial charge >= 0.3 is 0 Å². The zero-order chi connectivity index (χ0) is 8.04. The summed E-state index contributed by atoms with van der Waals surface area (Å²) in [5.74, 6) is 0. The number of hydrogen-bond donors (Lipinski definition) is 0. The number of rotatable bonds is 2. The minimum atomic E-state index is 0.111. The number of hydrogen-bond acceptors (Lipinski definition) is 2. The molecule has 1 fully saturated rings. The maximum absolute atomic E-state index is 9.89. The van der Waals surface area contributed by atoms with Crippen LogP contribution in [-0.2, 0) is 9.59 Å². The molecule has 58 valence electrons. The van der Waals surface area contributed by atoms with Crippen molar-refractivity contribution in [1.29, 1.82) is 0 Å². The van der Waals surface area contributed by atoms with E-state index in [4.69, 9.17) is 0 Å². The summed E-state index contributed by atoms with van der Waals surface area (Å²) in [4.78, 5) is 19.1. The van der Waals surface area contributed by atoms with Crippen molar-refractivity contribution in [3.8, 4) is 0 Å². The molecule has 0 aromatic rings. The predicted molar refractivity (Wildman–Crippen MR) is 39.8 cm³/mol. The van der Waals surface area contributed by atoms with Gasteiger partial charge in [0.15, 0.2) is 0 Å². The van der Waals surface area contributed by atoms with Crippen LogP contribution in [0, 0.1) is 5.41 Å². The van der Waals surface area contributed by atoms with Crippen molar-refractivity contribution >= 4 is 12.6 Å². The zero-order valence-corrected chi connectivity index (χ0v) is 6.59. The van der Waals surface area contributed by atoms with Crippen LogP contribution in [0.2, 0.25) is 0 Å². The SMILES string of the molecule is CC1(C=O)CC1.CCC=O. The summed E-state index contributed by atoms with van der Waals surface area (Å²) in [6, 6.07) is 0. The van der Waals surface area contributed by atoms with Crippen LogP contribution in [0.4, 0.5) is 0 Å². The van der Waals surface area contributed by atoms with Crippen LogP contribution < -0.4 is 0 Å². The predicted octanol–water partition coefficient (Wildman–Crippen LogP) is 1.58. The summed E-state index contributed by atoms with van der Waals surface area (Å²) >= 11 is 0. The molecule has 0 spiro atoms. The van der Waals surface area contributed by atoms with E-state index < -0.39 is 0 Å². The molecule has 0 aromatic carbocycles. The Morgan fingerprint density at radius 1 is 1.40 bits per heavy atom. The van der Waals surface area contributed by atoms with E-state index in [1.165, 1.54) is 0 Å². The first kappa shape index (κ1) is 9.34. The van der Waals surface area contributed by atoms with E-state index in [0.29, 0.717) is 6.42 Å².